The Hall–Kier alpha value is -1.64. The number of hydrogen-bond acceptors (Lipinski definition) is 2. The number of aryl methyl sites for hydroxylation is 1. The molecular weight excluding hydrogens is 202 g/mol. The van der Waals surface area contributed by atoms with Crippen LogP contribution in [0.25, 0.3) is 0 Å². The van der Waals surface area contributed by atoms with Crippen molar-refractivity contribution in [3.8, 4) is 0 Å². The average Bonchev–Trinajstić information content (AvgIpc) is 2.27. The Morgan fingerprint density at radius 1 is 1.12 bits per heavy atom. The number of carbonyl (C=O) groups excluding carboxylic acids is 2. The van der Waals surface area contributed by atoms with Crippen molar-refractivity contribution in [3.05, 3.63) is 35.4 Å². The summed E-state index contributed by atoms with van der Waals surface area (Å²) >= 11 is 0. The summed E-state index contributed by atoms with van der Waals surface area (Å²) in [6.07, 6.45) is 0.537. The third kappa shape index (κ3) is 3.85. The van der Waals surface area contributed by atoms with E-state index in [4.69, 9.17) is 0 Å². The first-order chi connectivity index (χ1) is 7.63. The summed E-state index contributed by atoms with van der Waals surface area (Å²) in [5.41, 5.74) is 1.80. The lowest BCUT2D eigenvalue weighted by Gasteiger charge is -2.02. The minimum absolute atomic E-state index is 0.0197. The number of nitrogens with one attached hydrogen (secondary N) is 1. The molecule has 16 heavy (non-hydrogen) atoms. The molecule has 0 spiro atoms. The molecule has 3 heteroatoms. The summed E-state index contributed by atoms with van der Waals surface area (Å²) in [6, 6.07) is 7.41. The van der Waals surface area contributed by atoms with Gasteiger partial charge in [-0.25, -0.2) is 0 Å². The van der Waals surface area contributed by atoms with Gasteiger partial charge in [-0.3, -0.25) is 9.59 Å². The summed E-state index contributed by atoms with van der Waals surface area (Å²) < 4.78 is 0. The number of Topliss-reactive ketones (excluding diaryl/α,β-unsaturated/α-hetero) is 1. The number of rotatable bonds is 5. The number of carbonyl (C=O) groups is 2. The second-order valence-electron chi connectivity index (χ2n) is 3.74. The molecule has 0 atom stereocenters. The Bertz CT molecular complexity index is 368. The Labute approximate surface area is 95.9 Å². The Morgan fingerprint density at radius 2 is 1.75 bits per heavy atom. The van der Waals surface area contributed by atoms with Gasteiger partial charge in [0.1, 0.15) is 0 Å². The number of amides is 1. The molecule has 1 aromatic rings. The van der Waals surface area contributed by atoms with Gasteiger partial charge in [-0.1, -0.05) is 29.8 Å². The van der Waals surface area contributed by atoms with Gasteiger partial charge in [-0.2, -0.15) is 0 Å². The van der Waals surface area contributed by atoms with Crippen LogP contribution < -0.4 is 5.32 Å². The van der Waals surface area contributed by atoms with E-state index in [1.54, 1.807) is 12.1 Å². The van der Waals surface area contributed by atoms with E-state index in [9.17, 15) is 9.59 Å². The predicted molar refractivity (Wildman–Crippen MR) is 63.4 cm³/mol. The number of hydrogen-bond donors (Lipinski definition) is 1. The SMILES string of the molecule is CCNC(=O)CCC(=O)c1ccc(C)cc1. The van der Waals surface area contributed by atoms with Crippen LogP contribution in [-0.2, 0) is 4.79 Å². The van der Waals surface area contributed by atoms with Crippen molar-refractivity contribution in [1.82, 2.24) is 5.32 Å². The van der Waals surface area contributed by atoms with Gasteiger partial charge in [0.25, 0.3) is 0 Å². The molecule has 0 aliphatic heterocycles. The lowest BCUT2D eigenvalue weighted by atomic mass is 10.1. The van der Waals surface area contributed by atoms with Crippen molar-refractivity contribution in [2.75, 3.05) is 6.54 Å². The second kappa shape index (κ2) is 6.05. The molecule has 0 aliphatic rings. The highest BCUT2D eigenvalue weighted by atomic mass is 16.2. The molecule has 86 valence electrons. The average molecular weight is 219 g/mol. The van der Waals surface area contributed by atoms with E-state index in [1.165, 1.54) is 0 Å². The number of ketones is 1. The molecule has 1 amide bonds. The van der Waals surface area contributed by atoms with E-state index in [0.29, 0.717) is 12.1 Å². The van der Waals surface area contributed by atoms with E-state index in [1.807, 2.05) is 26.0 Å². The molecule has 0 heterocycles. The van der Waals surface area contributed by atoms with Crippen LogP contribution in [0.3, 0.4) is 0 Å². The third-order valence-electron chi connectivity index (χ3n) is 2.33. The van der Waals surface area contributed by atoms with Crippen molar-refractivity contribution in [2.45, 2.75) is 26.7 Å². The summed E-state index contributed by atoms with van der Waals surface area (Å²) in [5.74, 6) is -0.0470. The molecule has 0 aromatic heterocycles. The van der Waals surface area contributed by atoms with Gasteiger partial charge >= 0.3 is 0 Å². The van der Waals surface area contributed by atoms with Crippen LogP contribution in [0.2, 0.25) is 0 Å². The molecule has 0 aliphatic carbocycles. The standard InChI is InChI=1S/C13H17NO2/c1-3-14-13(16)9-8-12(15)11-6-4-10(2)5-7-11/h4-7H,3,8-9H2,1-2H3,(H,14,16). The van der Waals surface area contributed by atoms with Crippen molar-refractivity contribution in [3.63, 3.8) is 0 Å². The first-order valence-corrected chi connectivity index (χ1v) is 5.50. The van der Waals surface area contributed by atoms with Crippen molar-refractivity contribution >= 4 is 11.7 Å². The topological polar surface area (TPSA) is 46.2 Å². The fourth-order valence-corrected chi connectivity index (χ4v) is 1.40. The van der Waals surface area contributed by atoms with E-state index >= 15 is 0 Å². The molecule has 0 unspecified atom stereocenters. The van der Waals surface area contributed by atoms with Crippen molar-refractivity contribution < 1.29 is 9.59 Å². The maximum absolute atomic E-state index is 11.7. The molecule has 0 fully saturated rings. The van der Waals surface area contributed by atoms with Crippen LogP contribution in [0.15, 0.2) is 24.3 Å². The molecule has 0 bridgehead atoms. The van der Waals surface area contributed by atoms with Gasteiger partial charge in [0.2, 0.25) is 5.91 Å². The summed E-state index contributed by atoms with van der Waals surface area (Å²) in [6.45, 7) is 4.44. The maximum Gasteiger partial charge on any atom is 0.220 e. The van der Waals surface area contributed by atoms with Crippen LogP contribution in [0.1, 0.15) is 35.7 Å². The molecule has 0 radical (unpaired) electrons. The van der Waals surface area contributed by atoms with Crippen LogP contribution in [-0.4, -0.2) is 18.2 Å². The zero-order valence-corrected chi connectivity index (χ0v) is 9.75. The van der Waals surface area contributed by atoms with Gasteiger partial charge in [0.05, 0.1) is 0 Å². The predicted octanol–water partition coefficient (Wildman–Crippen LogP) is 2.09. The Balaban J connectivity index is 2.47. The van der Waals surface area contributed by atoms with Crippen molar-refractivity contribution in [2.24, 2.45) is 0 Å². The van der Waals surface area contributed by atoms with Gasteiger partial charge in [-0.05, 0) is 13.8 Å². The van der Waals surface area contributed by atoms with Gasteiger partial charge < -0.3 is 5.32 Å². The molecule has 1 aromatic carbocycles. The fourth-order valence-electron chi connectivity index (χ4n) is 1.40. The minimum atomic E-state index is -0.0667. The van der Waals surface area contributed by atoms with E-state index < -0.39 is 0 Å². The normalized spacial score (nSPS) is 9.88. The molecule has 0 saturated carbocycles. The van der Waals surface area contributed by atoms with Crippen LogP contribution in [0.5, 0.6) is 0 Å². The van der Waals surface area contributed by atoms with Gasteiger partial charge in [0, 0.05) is 24.9 Å². The maximum atomic E-state index is 11.7. The summed E-state index contributed by atoms with van der Waals surface area (Å²) in [4.78, 5) is 22.9. The molecule has 3 nitrogen and oxygen atoms in total. The Morgan fingerprint density at radius 3 is 2.31 bits per heavy atom. The van der Waals surface area contributed by atoms with Gasteiger partial charge in [-0.15, -0.1) is 0 Å². The van der Waals surface area contributed by atoms with Crippen LogP contribution >= 0.6 is 0 Å². The highest BCUT2D eigenvalue weighted by molar-refractivity contribution is 5.97. The smallest absolute Gasteiger partial charge is 0.220 e. The quantitative estimate of drug-likeness (QED) is 0.771. The van der Waals surface area contributed by atoms with Crippen LogP contribution in [0.4, 0.5) is 0 Å². The summed E-state index contributed by atoms with van der Waals surface area (Å²) in [7, 11) is 0. The zero-order valence-electron chi connectivity index (χ0n) is 9.75. The van der Waals surface area contributed by atoms with Gasteiger partial charge in [0.15, 0.2) is 5.78 Å². The van der Waals surface area contributed by atoms with E-state index in [2.05, 4.69) is 5.32 Å². The fraction of sp³-hybridized carbons (Fsp3) is 0.385. The highest BCUT2D eigenvalue weighted by Gasteiger charge is 2.08. The summed E-state index contributed by atoms with van der Waals surface area (Å²) in [5, 5.41) is 2.67. The van der Waals surface area contributed by atoms with Crippen molar-refractivity contribution in [1.29, 1.82) is 0 Å². The molecule has 1 N–H and O–H groups in total. The Kier molecular flexibility index (Phi) is 4.70. The first kappa shape index (κ1) is 12.4. The molecular formula is C13H17NO2. The second-order valence-corrected chi connectivity index (χ2v) is 3.74. The highest BCUT2D eigenvalue weighted by Crippen LogP contribution is 2.07. The van der Waals surface area contributed by atoms with E-state index in [0.717, 1.165) is 5.56 Å². The third-order valence-corrected chi connectivity index (χ3v) is 2.33. The molecule has 0 saturated heterocycles. The first-order valence-electron chi connectivity index (χ1n) is 5.50. The lowest BCUT2D eigenvalue weighted by molar-refractivity contribution is -0.120. The van der Waals surface area contributed by atoms with E-state index in [-0.39, 0.29) is 24.5 Å². The lowest BCUT2D eigenvalue weighted by Crippen LogP contribution is -2.23. The molecule has 1 rings (SSSR count). The largest absolute Gasteiger partial charge is 0.356 e. The minimum Gasteiger partial charge on any atom is -0.356 e. The monoisotopic (exact) mass is 219 g/mol. The van der Waals surface area contributed by atoms with Crippen LogP contribution in [0, 0.1) is 6.92 Å². The zero-order chi connectivity index (χ0) is 12.0. The number of benzene rings is 1.